The molecule has 160 valence electrons. The quantitative estimate of drug-likeness (QED) is 0.809. The first-order valence-electron chi connectivity index (χ1n) is 10.6. The van der Waals surface area contributed by atoms with Gasteiger partial charge in [-0.3, -0.25) is 19.4 Å². The van der Waals surface area contributed by atoms with E-state index < -0.39 is 0 Å². The number of piperazine rings is 1. The topological polar surface area (TPSA) is 65.1 Å². The maximum Gasteiger partial charge on any atom is 0.238 e. The van der Waals surface area contributed by atoms with Gasteiger partial charge in [-0.25, -0.2) is 0 Å². The molecule has 0 bridgehead atoms. The molecule has 7 heteroatoms. The molecule has 1 N–H and O–H groups in total. The summed E-state index contributed by atoms with van der Waals surface area (Å²) in [6.45, 7) is 13.5. The Morgan fingerprint density at radius 3 is 2.21 bits per heavy atom. The summed E-state index contributed by atoms with van der Waals surface area (Å²) >= 11 is 0. The van der Waals surface area contributed by atoms with Crippen LogP contribution < -0.4 is 5.32 Å². The largest absolute Gasteiger partial charge is 0.372 e. The second-order valence-electron chi connectivity index (χ2n) is 8.40. The highest BCUT2D eigenvalue weighted by molar-refractivity contribution is 5.93. The van der Waals surface area contributed by atoms with Crippen LogP contribution >= 0.6 is 0 Å². The zero-order chi connectivity index (χ0) is 21.0. The summed E-state index contributed by atoms with van der Waals surface area (Å²) in [6, 6.07) is 5.95. The Bertz CT molecular complexity index is 721. The highest BCUT2D eigenvalue weighted by Gasteiger charge is 2.28. The number of hydrogen-bond donors (Lipinski definition) is 1. The van der Waals surface area contributed by atoms with Gasteiger partial charge in [0.1, 0.15) is 0 Å². The van der Waals surface area contributed by atoms with Crippen molar-refractivity contribution in [3.8, 4) is 0 Å². The fourth-order valence-corrected chi connectivity index (χ4v) is 4.06. The first-order chi connectivity index (χ1) is 13.8. The minimum atomic E-state index is 0.0134. The minimum absolute atomic E-state index is 0.0134. The van der Waals surface area contributed by atoms with Gasteiger partial charge in [0, 0.05) is 45.0 Å². The maximum atomic E-state index is 12.6. The molecule has 7 nitrogen and oxygen atoms in total. The van der Waals surface area contributed by atoms with Crippen molar-refractivity contribution in [3.63, 3.8) is 0 Å². The lowest BCUT2D eigenvalue weighted by atomic mass is 10.1. The normalized spacial score (nSPS) is 23.8. The third kappa shape index (κ3) is 6.01. The molecule has 1 aromatic rings. The van der Waals surface area contributed by atoms with E-state index in [1.54, 1.807) is 0 Å². The van der Waals surface area contributed by atoms with Gasteiger partial charge >= 0.3 is 0 Å². The molecule has 0 saturated carbocycles. The van der Waals surface area contributed by atoms with Crippen LogP contribution in [0.5, 0.6) is 0 Å². The Balaban J connectivity index is 1.41. The van der Waals surface area contributed by atoms with E-state index in [0.717, 1.165) is 37.4 Å². The van der Waals surface area contributed by atoms with E-state index in [0.29, 0.717) is 26.2 Å². The Hall–Kier alpha value is -1.96. The summed E-state index contributed by atoms with van der Waals surface area (Å²) in [7, 11) is 0. The molecule has 0 radical (unpaired) electrons. The summed E-state index contributed by atoms with van der Waals surface area (Å²) < 4.78 is 5.71. The number of morpholine rings is 1. The van der Waals surface area contributed by atoms with E-state index in [1.165, 1.54) is 5.56 Å². The van der Waals surface area contributed by atoms with Crippen molar-refractivity contribution in [2.45, 2.75) is 39.9 Å². The molecule has 2 aliphatic rings. The number of ether oxygens (including phenoxy) is 1. The Kier molecular flexibility index (Phi) is 7.27. The third-order valence-corrected chi connectivity index (χ3v) is 5.84. The van der Waals surface area contributed by atoms with E-state index in [9.17, 15) is 9.59 Å². The predicted molar refractivity (Wildman–Crippen MR) is 114 cm³/mol. The molecule has 29 heavy (non-hydrogen) atoms. The molecule has 2 amide bonds. The summed E-state index contributed by atoms with van der Waals surface area (Å²) in [6.07, 6.45) is 0.185. The number of carbonyl (C=O) groups excluding carboxylic acids is 2. The van der Waals surface area contributed by atoms with Crippen LogP contribution in [0.15, 0.2) is 18.2 Å². The molecular weight excluding hydrogens is 368 g/mol. The SMILES string of the molecule is Cc1cccc(NC(=O)CN2CCN(CC(=O)N3C[C@@H](C)O[C@H](C)C3)CC2)c1C. The van der Waals surface area contributed by atoms with Gasteiger partial charge in [-0.1, -0.05) is 12.1 Å². The standard InChI is InChI=1S/C22H34N4O3/c1-16-6-5-7-20(19(16)4)23-21(27)14-24-8-10-25(11-9-24)15-22(28)26-12-17(2)29-18(3)13-26/h5-7,17-18H,8-15H2,1-4H3,(H,23,27)/t17-,18-/m1/s1. The van der Waals surface area contributed by atoms with Crippen LogP contribution in [-0.2, 0) is 14.3 Å². The van der Waals surface area contributed by atoms with Crippen molar-refractivity contribution in [1.29, 1.82) is 0 Å². The summed E-state index contributed by atoms with van der Waals surface area (Å²) in [5, 5.41) is 3.03. The van der Waals surface area contributed by atoms with Gasteiger partial charge in [-0.2, -0.15) is 0 Å². The average Bonchev–Trinajstić information content (AvgIpc) is 2.66. The lowest BCUT2D eigenvalue weighted by Gasteiger charge is -2.38. The monoisotopic (exact) mass is 402 g/mol. The van der Waals surface area contributed by atoms with Gasteiger partial charge in [0.15, 0.2) is 0 Å². The van der Waals surface area contributed by atoms with Gasteiger partial charge in [0.25, 0.3) is 0 Å². The summed E-state index contributed by atoms with van der Waals surface area (Å²) in [5.41, 5.74) is 3.16. The summed E-state index contributed by atoms with van der Waals surface area (Å²) in [5.74, 6) is 0.188. The van der Waals surface area contributed by atoms with Crippen molar-refractivity contribution < 1.29 is 14.3 Å². The van der Waals surface area contributed by atoms with Crippen LogP contribution in [0, 0.1) is 13.8 Å². The molecule has 1 aromatic carbocycles. The second kappa shape index (κ2) is 9.69. The fourth-order valence-electron chi connectivity index (χ4n) is 4.06. The van der Waals surface area contributed by atoms with Crippen LogP contribution in [0.3, 0.4) is 0 Å². The first kappa shape index (κ1) is 21.7. The molecule has 0 unspecified atom stereocenters. The molecule has 0 aromatic heterocycles. The van der Waals surface area contributed by atoms with Crippen molar-refractivity contribution in [3.05, 3.63) is 29.3 Å². The van der Waals surface area contributed by atoms with Crippen LogP contribution in [0.4, 0.5) is 5.69 Å². The molecule has 3 rings (SSSR count). The number of aryl methyl sites for hydroxylation is 1. The highest BCUT2D eigenvalue weighted by Crippen LogP contribution is 2.18. The number of nitrogens with zero attached hydrogens (tertiary/aromatic N) is 3. The number of benzene rings is 1. The van der Waals surface area contributed by atoms with E-state index in [2.05, 4.69) is 15.1 Å². The van der Waals surface area contributed by atoms with Crippen molar-refractivity contribution in [1.82, 2.24) is 14.7 Å². The molecule has 2 heterocycles. The molecule has 2 saturated heterocycles. The number of hydrogen-bond acceptors (Lipinski definition) is 5. The highest BCUT2D eigenvalue weighted by atomic mass is 16.5. The number of amides is 2. The van der Waals surface area contributed by atoms with E-state index >= 15 is 0 Å². The average molecular weight is 403 g/mol. The van der Waals surface area contributed by atoms with Gasteiger partial charge in [-0.15, -0.1) is 0 Å². The van der Waals surface area contributed by atoms with Crippen molar-refractivity contribution in [2.75, 3.05) is 57.7 Å². The van der Waals surface area contributed by atoms with Gasteiger partial charge in [0.05, 0.1) is 25.3 Å². The van der Waals surface area contributed by atoms with Crippen LogP contribution in [0.25, 0.3) is 0 Å². The molecule has 0 spiro atoms. The number of nitrogens with one attached hydrogen (secondary N) is 1. The van der Waals surface area contributed by atoms with Crippen molar-refractivity contribution >= 4 is 17.5 Å². The van der Waals surface area contributed by atoms with Crippen molar-refractivity contribution in [2.24, 2.45) is 0 Å². The van der Waals surface area contributed by atoms with E-state index in [-0.39, 0.29) is 24.0 Å². The Morgan fingerprint density at radius 1 is 1.00 bits per heavy atom. The smallest absolute Gasteiger partial charge is 0.238 e. The lowest BCUT2D eigenvalue weighted by Crippen LogP contribution is -2.54. The zero-order valence-electron chi connectivity index (χ0n) is 18.1. The minimum Gasteiger partial charge on any atom is -0.372 e. The molecule has 2 atom stereocenters. The van der Waals surface area contributed by atoms with Crippen LogP contribution in [0.2, 0.25) is 0 Å². The predicted octanol–water partition coefficient (Wildman–Crippen LogP) is 1.50. The van der Waals surface area contributed by atoms with E-state index in [1.807, 2.05) is 50.8 Å². The first-order valence-corrected chi connectivity index (χ1v) is 10.6. The summed E-state index contributed by atoms with van der Waals surface area (Å²) in [4.78, 5) is 31.3. The number of rotatable bonds is 5. The molecular formula is C22H34N4O3. The van der Waals surface area contributed by atoms with Crippen LogP contribution in [-0.4, -0.2) is 91.1 Å². The molecule has 2 fully saturated rings. The fraction of sp³-hybridized carbons (Fsp3) is 0.636. The van der Waals surface area contributed by atoms with Gasteiger partial charge < -0.3 is 15.0 Å². The van der Waals surface area contributed by atoms with Gasteiger partial charge in [-0.05, 0) is 44.9 Å². The third-order valence-electron chi connectivity index (χ3n) is 5.84. The Labute approximate surface area is 174 Å². The molecule has 0 aliphatic carbocycles. The second-order valence-corrected chi connectivity index (χ2v) is 8.40. The van der Waals surface area contributed by atoms with Crippen LogP contribution in [0.1, 0.15) is 25.0 Å². The van der Waals surface area contributed by atoms with Gasteiger partial charge in [0.2, 0.25) is 11.8 Å². The Morgan fingerprint density at radius 2 is 1.59 bits per heavy atom. The lowest BCUT2D eigenvalue weighted by molar-refractivity contribution is -0.144. The van der Waals surface area contributed by atoms with E-state index in [4.69, 9.17) is 4.74 Å². The zero-order valence-corrected chi connectivity index (χ0v) is 18.1. The maximum absolute atomic E-state index is 12.6. The number of anilines is 1. The number of carbonyl (C=O) groups is 2. The molecule has 2 aliphatic heterocycles.